The highest BCUT2D eigenvalue weighted by atomic mass is 16.6. The van der Waals surface area contributed by atoms with Crippen molar-refractivity contribution in [3.63, 3.8) is 0 Å². The molecule has 3 fully saturated rings. The van der Waals surface area contributed by atoms with Crippen molar-refractivity contribution in [1.82, 2.24) is 4.90 Å². The van der Waals surface area contributed by atoms with Crippen molar-refractivity contribution in [3.8, 4) is 0 Å². The molecule has 354 valence electrons. The number of hydrogen-bond acceptors (Lipinski definition) is 12. The highest BCUT2D eigenvalue weighted by Crippen LogP contribution is 2.37. The molecule has 0 radical (unpaired) electrons. The van der Waals surface area contributed by atoms with Crippen LogP contribution in [0.4, 0.5) is 0 Å². The number of amides is 1. The molecule has 3 N–H and O–H groups in total. The van der Waals surface area contributed by atoms with Crippen LogP contribution in [0.1, 0.15) is 132 Å². The molecule has 4 aliphatic rings. The second kappa shape index (κ2) is 24.3. The van der Waals surface area contributed by atoms with Gasteiger partial charge in [0.15, 0.2) is 5.78 Å². The lowest BCUT2D eigenvalue weighted by atomic mass is 9.79. The summed E-state index contributed by atoms with van der Waals surface area (Å²) in [5.41, 5.74) is 1.14. The van der Waals surface area contributed by atoms with Crippen LogP contribution in [0.15, 0.2) is 47.6 Å². The first-order chi connectivity index (χ1) is 29.8. The Morgan fingerprint density at radius 2 is 1.57 bits per heavy atom. The standard InChI is InChI=1S/C50H77NO12/c1-30-16-11-10-12-17-31(2)42(61-9)28-39-22-21-36(7)50(59,63-39)47(56)48(57)51-23-14-13-20-40(51)49(58)62-43(33(4)26-37-18-15-19-38(27-37)60-8)29-41(52)32(3)25-35(6)45(54)46(55)44(53)34(5)24-30/h10-12,16-17,25,30,32-34,36-40,42-43,45-46,54-55,59H,13-15,18-24,26-29H2,1-9H3/b12-10+,16-11+,31-17+,35-25+/t30-,32-,33-,34-,36-,37+,38+,39+,40+,42+,43+,45-,46+,50-/m1/s1. The molecule has 2 bridgehead atoms. The molecule has 63 heavy (non-hydrogen) atoms. The number of ketones is 3. The van der Waals surface area contributed by atoms with Gasteiger partial charge in [0.1, 0.15) is 30.1 Å². The number of fused-ring (bicyclic) bond motifs is 3. The molecule has 3 heterocycles. The Hall–Kier alpha value is -3.33. The van der Waals surface area contributed by atoms with E-state index in [1.54, 1.807) is 48.0 Å². The number of cyclic esters (lactones) is 1. The summed E-state index contributed by atoms with van der Waals surface area (Å²) in [6, 6.07) is -1.12. The summed E-state index contributed by atoms with van der Waals surface area (Å²) in [6.45, 7) is 12.6. The number of nitrogens with zero attached hydrogens (tertiary/aromatic N) is 1. The van der Waals surface area contributed by atoms with E-state index in [1.165, 1.54) is 4.90 Å². The summed E-state index contributed by atoms with van der Waals surface area (Å²) in [5.74, 6) is -8.08. The molecule has 13 nitrogen and oxygen atoms in total. The van der Waals surface area contributed by atoms with Crippen LogP contribution in [-0.4, -0.2) is 119 Å². The van der Waals surface area contributed by atoms with Crippen LogP contribution in [-0.2, 0) is 42.9 Å². The van der Waals surface area contributed by atoms with Crippen molar-refractivity contribution in [2.45, 2.75) is 180 Å². The second-order valence-corrected chi connectivity index (χ2v) is 19.2. The number of piperidine rings is 1. The third-order valence-electron chi connectivity index (χ3n) is 14.1. The molecule has 13 heteroatoms. The Kier molecular flexibility index (Phi) is 20.1. The maximum atomic E-state index is 14.3. The largest absolute Gasteiger partial charge is 0.460 e. The van der Waals surface area contributed by atoms with Gasteiger partial charge in [0.2, 0.25) is 5.79 Å². The summed E-state index contributed by atoms with van der Waals surface area (Å²) in [6.07, 6.45) is 13.4. The highest BCUT2D eigenvalue weighted by molar-refractivity contribution is 6.39. The van der Waals surface area contributed by atoms with Gasteiger partial charge in [-0.05, 0) is 101 Å². The number of ether oxygens (including phenoxy) is 4. The molecule has 2 saturated heterocycles. The number of hydrogen-bond donors (Lipinski definition) is 3. The average Bonchev–Trinajstić information content (AvgIpc) is 3.27. The SMILES string of the molecule is CO[C@H]1CCC[C@@H](C[C@@H](C)[C@@H]2CC(=O)[C@H](C)/C=C(\C)[C@@H](O)[C@@H](O)C(=O)[C@H](C)C[C@H](C)/C=C/C=C/C=C(\C)[C@@H](OC)C[C@@H]3CC[C@@H](C)[C@@](O)(O3)C(=O)C(=O)N3CCCC[C@H]3C(=O)O2)C1. The van der Waals surface area contributed by atoms with E-state index in [0.717, 1.165) is 31.3 Å². The van der Waals surface area contributed by atoms with Gasteiger partial charge in [-0.2, -0.15) is 0 Å². The van der Waals surface area contributed by atoms with Gasteiger partial charge in [-0.25, -0.2) is 4.79 Å². The molecule has 3 aliphatic heterocycles. The topological polar surface area (TPSA) is 186 Å². The summed E-state index contributed by atoms with van der Waals surface area (Å²) >= 11 is 0. The Morgan fingerprint density at radius 1 is 0.841 bits per heavy atom. The lowest BCUT2D eigenvalue weighted by Gasteiger charge is -2.42. The Labute approximate surface area is 375 Å². The molecule has 1 aliphatic carbocycles. The van der Waals surface area contributed by atoms with Crippen LogP contribution in [0.5, 0.6) is 0 Å². The average molecular weight is 884 g/mol. The van der Waals surface area contributed by atoms with Gasteiger partial charge < -0.3 is 39.2 Å². The molecular weight excluding hydrogens is 807 g/mol. The smallest absolute Gasteiger partial charge is 0.329 e. The molecule has 0 aromatic heterocycles. The van der Waals surface area contributed by atoms with Gasteiger partial charge in [-0.15, -0.1) is 0 Å². The third kappa shape index (κ3) is 14.1. The maximum absolute atomic E-state index is 14.3. The van der Waals surface area contributed by atoms with E-state index in [0.29, 0.717) is 44.9 Å². The van der Waals surface area contributed by atoms with Gasteiger partial charge in [0, 0.05) is 51.4 Å². The van der Waals surface area contributed by atoms with Crippen LogP contribution in [0.3, 0.4) is 0 Å². The van der Waals surface area contributed by atoms with Crippen molar-refractivity contribution in [3.05, 3.63) is 47.6 Å². The number of methoxy groups -OCH3 is 2. The molecule has 4 rings (SSSR count). The van der Waals surface area contributed by atoms with E-state index >= 15 is 0 Å². The number of aliphatic hydroxyl groups is 3. The zero-order valence-electron chi connectivity index (χ0n) is 39.3. The molecule has 14 atom stereocenters. The fraction of sp³-hybridized carbons (Fsp3) is 0.740. The summed E-state index contributed by atoms with van der Waals surface area (Å²) < 4.78 is 23.9. The number of carbonyl (C=O) groups excluding carboxylic acids is 5. The number of Topliss-reactive ketones (excluding diaryl/α,β-unsaturated/α-hetero) is 3. The Bertz CT molecular complexity index is 1700. The van der Waals surface area contributed by atoms with Crippen molar-refractivity contribution in [1.29, 1.82) is 0 Å². The van der Waals surface area contributed by atoms with Gasteiger partial charge in [-0.1, -0.05) is 83.9 Å². The predicted molar refractivity (Wildman–Crippen MR) is 239 cm³/mol. The normalized spacial score (nSPS) is 40.1. The van der Waals surface area contributed by atoms with Crippen molar-refractivity contribution in [2.75, 3.05) is 20.8 Å². The van der Waals surface area contributed by atoms with E-state index in [1.807, 2.05) is 51.2 Å². The molecule has 0 unspecified atom stereocenters. The number of esters is 1. The fourth-order valence-corrected chi connectivity index (χ4v) is 9.90. The van der Waals surface area contributed by atoms with Gasteiger partial charge in [0.05, 0.1) is 18.3 Å². The predicted octanol–water partition coefficient (Wildman–Crippen LogP) is 6.56. The van der Waals surface area contributed by atoms with Crippen molar-refractivity contribution in [2.24, 2.45) is 35.5 Å². The monoisotopic (exact) mass is 884 g/mol. The Morgan fingerprint density at radius 3 is 2.27 bits per heavy atom. The number of carbonyl (C=O) groups is 5. The molecule has 1 saturated carbocycles. The van der Waals surface area contributed by atoms with E-state index < -0.39 is 83.5 Å². The van der Waals surface area contributed by atoms with Crippen molar-refractivity contribution >= 4 is 29.2 Å². The molecule has 0 aromatic rings. The lowest BCUT2D eigenvalue weighted by Crippen LogP contribution is -2.61. The lowest BCUT2D eigenvalue weighted by molar-refractivity contribution is -0.265. The Balaban J connectivity index is 1.68. The van der Waals surface area contributed by atoms with Gasteiger partial charge in [0.25, 0.3) is 11.7 Å². The van der Waals surface area contributed by atoms with Crippen LogP contribution in [0.2, 0.25) is 0 Å². The minimum absolute atomic E-state index is 0.0241. The number of rotatable bonds is 5. The van der Waals surface area contributed by atoms with Crippen LogP contribution in [0, 0.1) is 35.5 Å². The summed E-state index contributed by atoms with van der Waals surface area (Å²) in [4.78, 5) is 71.2. The quantitative estimate of drug-likeness (QED) is 0.154. The van der Waals surface area contributed by atoms with Crippen LogP contribution < -0.4 is 0 Å². The van der Waals surface area contributed by atoms with E-state index in [2.05, 4.69) is 0 Å². The first kappa shape index (κ1) is 52.3. The van der Waals surface area contributed by atoms with E-state index in [-0.39, 0.29) is 54.6 Å². The van der Waals surface area contributed by atoms with Gasteiger partial charge in [-0.3, -0.25) is 19.2 Å². The first-order valence-corrected chi connectivity index (χ1v) is 23.4. The van der Waals surface area contributed by atoms with Crippen LogP contribution in [0.25, 0.3) is 0 Å². The van der Waals surface area contributed by atoms with Crippen LogP contribution >= 0.6 is 0 Å². The number of allylic oxidation sites excluding steroid dienone is 6. The minimum Gasteiger partial charge on any atom is -0.460 e. The zero-order chi connectivity index (χ0) is 46.6. The highest BCUT2D eigenvalue weighted by Gasteiger charge is 2.53. The summed E-state index contributed by atoms with van der Waals surface area (Å²) in [7, 11) is 3.28. The van der Waals surface area contributed by atoms with E-state index in [9.17, 15) is 39.3 Å². The third-order valence-corrected chi connectivity index (χ3v) is 14.1. The van der Waals surface area contributed by atoms with Crippen molar-refractivity contribution < 1.29 is 58.2 Å². The first-order valence-electron chi connectivity index (χ1n) is 23.4. The fourth-order valence-electron chi connectivity index (χ4n) is 9.90. The van der Waals surface area contributed by atoms with Gasteiger partial charge >= 0.3 is 5.97 Å². The molecule has 0 spiro atoms. The second-order valence-electron chi connectivity index (χ2n) is 19.2. The zero-order valence-corrected chi connectivity index (χ0v) is 39.3. The maximum Gasteiger partial charge on any atom is 0.329 e. The number of aliphatic hydroxyl groups excluding tert-OH is 2. The molecular formula is C50H77NO12. The molecule has 1 amide bonds. The summed E-state index contributed by atoms with van der Waals surface area (Å²) in [5, 5.41) is 34.0. The molecule has 0 aromatic carbocycles. The minimum atomic E-state index is -2.41. The van der Waals surface area contributed by atoms with E-state index in [4.69, 9.17) is 18.9 Å².